The van der Waals surface area contributed by atoms with Crippen molar-refractivity contribution in [3.63, 3.8) is 0 Å². The predicted molar refractivity (Wildman–Crippen MR) is 80.1 cm³/mol. The van der Waals surface area contributed by atoms with Crippen LogP contribution in [-0.4, -0.2) is 30.8 Å². The van der Waals surface area contributed by atoms with Crippen molar-refractivity contribution >= 4 is 28.7 Å². The molecule has 0 spiro atoms. The molecule has 3 atom stereocenters. The first-order valence-corrected chi connectivity index (χ1v) is 8.28. The number of hydrogen-bond acceptors (Lipinski definition) is 3. The van der Waals surface area contributed by atoms with Crippen molar-refractivity contribution in [2.75, 3.05) is 20.1 Å². The lowest BCUT2D eigenvalue weighted by atomic mass is 9.88. The van der Waals surface area contributed by atoms with Gasteiger partial charge in [0.1, 0.15) is 0 Å². The molecule has 2 aliphatic carbocycles. The topological polar surface area (TPSA) is 20.3 Å². The Morgan fingerprint density at radius 1 is 1.42 bits per heavy atom. The van der Waals surface area contributed by atoms with Crippen LogP contribution in [0.15, 0.2) is 12.1 Å². The van der Waals surface area contributed by atoms with Gasteiger partial charge in [0.25, 0.3) is 0 Å². The third-order valence-corrected chi connectivity index (χ3v) is 5.96. The molecule has 3 unspecified atom stereocenters. The summed E-state index contributed by atoms with van der Waals surface area (Å²) in [5.41, 5.74) is 0. The van der Waals surface area contributed by atoms with Crippen molar-refractivity contribution in [2.45, 2.75) is 25.7 Å². The van der Waals surface area contributed by atoms with E-state index in [0.29, 0.717) is 10.9 Å². The van der Waals surface area contributed by atoms with Gasteiger partial charge >= 0.3 is 0 Å². The third-order valence-electron chi connectivity index (χ3n) is 4.69. The van der Waals surface area contributed by atoms with Gasteiger partial charge in [-0.15, -0.1) is 11.3 Å². The molecule has 0 aromatic carbocycles. The highest BCUT2D eigenvalue weighted by Gasteiger charge is 2.39. The molecular weight excluding hydrogens is 278 g/mol. The number of halogens is 1. The van der Waals surface area contributed by atoms with Crippen LogP contribution in [0.4, 0.5) is 0 Å². The molecule has 2 nitrogen and oxygen atoms in total. The van der Waals surface area contributed by atoms with Crippen molar-refractivity contribution in [1.82, 2.24) is 4.90 Å². The van der Waals surface area contributed by atoms with Crippen molar-refractivity contribution in [1.29, 1.82) is 0 Å². The molecule has 0 N–H and O–H groups in total. The standard InChI is InChI=1S/C15H20ClNOS/c1-17(8-12-7-10-2-3-11(12)6-10)9-13(18)14-4-5-15(16)19-14/h4-5,10-12H,2-3,6-9H2,1H3. The summed E-state index contributed by atoms with van der Waals surface area (Å²) in [5, 5.41) is 0. The molecule has 2 aliphatic rings. The van der Waals surface area contributed by atoms with Crippen LogP contribution in [0.5, 0.6) is 0 Å². The maximum absolute atomic E-state index is 12.1. The number of rotatable bonds is 5. The first-order chi connectivity index (χ1) is 9.11. The van der Waals surface area contributed by atoms with E-state index >= 15 is 0 Å². The highest BCUT2D eigenvalue weighted by molar-refractivity contribution is 7.18. The molecule has 19 heavy (non-hydrogen) atoms. The van der Waals surface area contributed by atoms with E-state index in [0.717, 1.165) is 29.2 Å². The van der Waals surface area contributed by atoms with Gasteiger partial charge < -0.3 is 0 Å². The fourth-order valence-corrected chi connectivity index (χ4v) is 4.83. The SMILES string of the molecule is CN(CC(=O)c1ccc(Cl)s1)CC1CC2CCC1C2. The monoisotopic (exact) mass is 297 g/mol. The van der Waals surface area contributed by atoms with E-state index in [1.165, 1.54) is 37.0 Å². The van der Waals surface area contributed by atoms with Gasteiger partial charge in [0, 0.05) is 6.54 Å². The van der Waals surface area contributed by atoms with Crippen LogP contribution >= 0.6 is 22.9 Å². The molecule has 0 amide bonds. The van der Waals surface area contributed by atoms with E-state index < -0.39 is 0 Å². The lowest BCUT2D eigenvalue weighted by Crippen LogP contribution is -2.32. The smallest absolute Gasteiger partial charge is 0.186 e. The summed E-state index contributed by atoms with van der Waals surface area (Å²) < 4.78 is 0.694. The lowest BCUT2D eigenvalue weighted by Gasteiger charge is -2.26. The zero-order chi connectivity index (χ0) is 13.4. The van der Waals surface area contributed by atoms with E-state index in [9.17, 15) is 4.79 Å². The van der Waals surface area contributed by atoms with Crippen LogP contribution in [0.25, 0.3) is 0 Å². The fraction of sp³-hybridized carbons (Fsp3) is 0.667. The van der Waals surface area contributed by atoms with Gasteiger partial charge in [-0.25, -0.2) is 0 Å². The van der Waals surface area contributed by atoms with E-state index in [1.54, 1.807) is 6.07 Å². The minimum atomic E-state index is 0.197. The number of carbonyl (C=O) groups is 1. The molecular formula is C15H20ClNOS. The Morgan fingerprint density at radius 3 is 2.84 bits per heavy atom. The van der Waals surface area contributed by atoms with Crippen molar-refractivity contribution in [3.05, 3.63) is 21.3 Å². The molecule has 1 aromatic heterocycles. The number of carbonyl (C=O) groups excluding carboxylic acids is 1. The zero-order valence-corrected chi connectivity index (χ0v) is 12.8. The molecule has 1 heterocycles. The minimum absolute atomic E-state index is 0.197. The summed E-state index contributed by atoms with van der Waals surface area (Å²) in [6, 6.07) is 3.64. The second kappa shape index (κ2) is 5.55. The second-order valence-electron chi connectivity index (χ2n) is 6.16. The Balaban J connectivity index is 1.51. The highest BCUT2D eigenvalue weighted by atomic mass is 35.5. The Bertz CT molecular complexity index is 472. The van der Waals surface area contributed by atoms with Crippen LogP contribution < -0.4 is 0 Å². The van der Waals surface area contributed by atoms with Crippen LogP contribution in [0.1, 0.15) is 35.4 Å². The number of thiophene rings is 1. The van der Waals surface area contributed by atoms with Crippen molar-refractivity contribution < 1.29 is 4.79 Å². The van der Waals surface area contributed by atoms with Gasteiger partial charge in [0.05, 0.1) is 15.8 Å². The van der Waals surface area contributed by atoms with Gasteiger partial charge in [0.15, 0.2) is 5.78 Å². The Hall–Kier alpha value is -0.380. The van der Waals surface area contributed by atoms with Crippen molar-refractivity contribution in [2.24, 2.45) is 17.8 Å². The first-order valence-electron chi connectivity index (χ1n) is 7.09. The molecule has 0 aliphatic heterocycles. The maximum atomic E-state index is 12.1. The summed E-state index contributed by atoms with van der Waals surface area (Å²) in [5.74, 6) is 2.93. The van der Waals surface area contributed by atoms with Gasteiger partial charge in [-0.3, -0.25) is 9.69 Å². The molecule has 2 bridgehead atoms. The average molecular weight is 298 g/mol. The lowest BCUT2D eigenvalue weighted by molar-refractivity contribution is 0.0933. The van der Waals surface area contributed by atoms with E-state index in [-0.39, 0.29) is 5.78 Å². The summed E-state index contributed by atoms with van der Waals surface area (Å²) in [7, 11) is 2.07. The van der Waals surface area contributed by atoms with Crippen LogP contribution in [-0.2, 0) is 0 Å². The molecule has 2 saturated carbocycles. The number of hydrogen-bond donors (Lipinski definition) is 0. The third kappa shape index (κ3) is 3.04. The van der Waals surface area contributed by atoms with E-state index in [2.05, 4.69) is 11.9 Å². The summed E-state index contributed by atoms with van der Waals surface area (Å²) >= 11 is 7.26. The maximum Gasteiger partial charge on any atom is 0.186 e. The molecule has 3 rings (SSSR count). The first kappa shape index (κ1) is 13.6. The molecule has 2 fully saturated rings. The Kier molecular flexibility index (Phi) is 3.97. The quantitative estimate of drug-likeness (QED) is 0.767. The number of nitrogens with zero attached hydrogens (tertiary/aromatic N) is 1. The van der Waals surface area contributed by atoms with Crippen LogP contribution in [0, 0.1) is 17.8 Å². The largest absolute Gasteiger partial charge is 0.299 e. The van der Waals surface area contributed by atoms with Gasteiger partial charge in [0.2, 0.25) is 0 Å². The summed E-state index contributed by atoms with van der Waals surface area (Å²) in [4.78, 5) is 15.1. The Morgan fingerprint density at radius 2 is 2.26 bits per heavy atom. The second-order valence-corrected chi connectivity index (χ2v) is 7.87. The van der Waals surface area contributed by atoms with Gasteiger partial charge in [-0.05, 0) is 56.2 Å². The van der Waals surface area contributed by atoms with Crippen molar-refractivity contribution in [3.8, 4) is 0 Å². The van der Waals surface area contributed by atoms with Crippen LogP contribution in [0.3, 0.4) is 0 Å². The zero-order valence-electron chi connectivity index (χ0n) is 11.3. The van der Waals surface area contributed by atoms with Gasteiger partial charge in [-0.1, -0.05) is 18.0 Å². The Labute approximate surface area is 123 Å². The molecule has 0 radical (unpaired) electrons. The number of ketones is 1. The predicted octanol–water partition coefficient (Wildman–Crippen LogP) is 3.95. The van der Waals surface area contributed by atoms with Gasteiger partial charge in [-0.2, -0.15) is 0 Å². The number of fused-ring (bicyclic) bond motifs is 2. The van der Waals surface area contributed by atoms with Crippen LogP contribution in [0.2, 0.25) is 4.34 Å². The molecule has 1 aromatic rings. The van der Waals surface area contributed by atoms with E-state index in [1.807, 2.05) is 6.07 Å². The molecule has 104 valence electrons. The highest BCUT2D eigenvalue weighted by Crippen LogP contribution is 2.48. The van der Waals surface area contributed by atoms with E-state index in [4.69, 9.17) is 11.6 Å². The minimum Gasteiger partial charge on any atom is -0.299 e. The normalized spacial score (nSPS) is 29.3. The fourth-order valence-electron chi connectivity index (χ4n) is 3.85. The molecule has 0 saturated heterocycles. The number of Topliss-reactive ketones (excluding diaryl/α,β-unsaturated/α-hetero) is 1. The number of likely N-dealkylation sites (N-methyl/N-ethyl adjacent to an activating group) is 1. The average Bonchev–Trinajstić information content (AvgIpc) is 3.04. The summed E-state index contributed by atoms with van der Waals surface area (Å²) in [6.45, 7) is 1.59. The molecule has 4 heteroatoms. The summed E-state index contributed by atoms with van der Waals surface area (Å²) in [6.07, 6.45) is 5.68.